The van der Waals surface area contributed by atoms with Crippen LogP contribution in [0.4, 0.5) is 0 Å². The largest absolute Gasteiger partial charge is 0.497 e. The van der Waals surface area contributed by atoms with Gasteiger partial charge < -0.3 is 15.0 Å². The number of hydrogen-bond acceptors (Lipinski definition) is 4. The summed E-state index contributed by atoms with van der Waals surface area (Å²) < 4.78 is 5.29. The van der Waals surface area contributed by atoms with Gasteiger partial charge in [0.25, 0.3) is 0 Å². The SMILES string of the molecule is COc1cccc(CCC(=O)N(Cc2ccccn2)C2CCCNCC2)c1.Cl. The Kier molecular flexibility index (Phi) is 9.24. The van der Waals surface area contributed by atoms with Crippen LogP contribution in [0, 0.1) is 0 Å². The van der Waals surface area contributed by atoms with Gasteiger partial charge in [-0.25, -0.2) is 0 Å². The summed E-state index contributed by atoms with van der Waals surface area (Å²) in [5.74, 6) is 1.04. The molecule has 152 valence electrons. The van der Waals surface area contributed by atoms with Gasteiger partial charge in [-0.2, -0.15) is 0 Å². The van der Waals surface area contributed by atoms with Gasteiger partial charge in [-0.1, -0.05) is 18.2 Å². The summed E-state index contributed by atoms with van der Waals surface area (Å²) in [6, 6.07) is 14.1. The van der Waals surface area contributed by atoms with E-state index in [1.54, 1.807) is 13.3 Å². The Morgan fingerprint density at radius 2 is 2.11 bits per heavy atom. The molecule has 1 atom stereocenters. The Morgan fingerprint density at radius 3 is 2.89 bits per heavy atom. The number of hydrogen-bond donors (Lipinski definition) is 1. The van der Waals surface area contributed by atoms with Crippen molar-refractivity contribution in [2.75, 3.05) is 20.2 Å². The van der Waals surface area contributed by atoms with E-state index in [9.17, 15) is 4.79 Å². The lowest BCUT2D eigenvalue weighted by molar-refractivity contribution is -0.134. The third-order valence-electron chi connectivity index (χ3n) is 5.13. The van der Waals surface area contributed by atoms with E-state index in [4.69, 9.17) is 4.74 Å². The molecule has 3 rings (SSSR count). The van der Waals surface area contributed by atoms with Gasteiger partial charge in [0.1, 0.15) is 5.75 Å². The lowest BCUT2D eigenvalue weighted by Crippen LogP contribution is -2.40. The standard InChI is InChI=1S/C22H29N3O2.ClH/c1-27-21-9-4-6-18(16-21)10-11-22(26)25(17-19-7-2-3-14-24-19)20-8-5-13-23-15-12-20;/h2-4,6-7,9,14,16,20,23H,5,8,10-13,15,17H2,1H3;1H. The van der Waals surface area contributed by atoms with Crippen molar-refractivity contribution in [1.82, 2.24) is 15.2 Å². The van der Waals surface area contributed by atoms with Gasteiger partial charge in [-0.15, -0.1) is 12.4 Å². The number of aromatic nitrogens is 1. The van der Waals surface area contributed by atoms with Crippen molar-refractivity contribution in [3.63, 3.8) is 0 Å². The molecule has 0 aliphatic carbocycles. The smallest absolute Gasteiger partial charge is 0.223 e. The predicted octanol–water partition coefficient (Wildman–Crippen LogP) is 3.62. The first-order valence-corrected chi connectivity index (χ1v) is 9.79. The van der Waals surface area contributed by atoms with Crippen molar-refractivity contribution < 1.29 is 9.53 Å². The second kappa shape index (κ2) is 11.7. The molecule has 1 aromatic heterocycles. The minimum atomic E-state index is 0. The van der Waals surface area contributed by atoms with Gasteiger partial charge in [0, 0.05) is 18.7 Å². The number of carbonyl (C=O) groups excluding carboxylic acids is 1. The van der Waals surface area contributed by atoms with E-state index in [0.29, 0.717) is 13.0 Å². The first-order valence-electron chi connectivity index (χ1n) is 9.79. The van der Waals surface area contributed by atoms with Crippen LogP contribution in [0.1, 0.15) is 36.9 Å². The van der Waals surface area contributed by atoms with Crippen LogP contribution >= 0.6 is 12.4 Å². The molecular formula is C22H30ClN3O2. The molecule has 28 heavy (non-hydrogen) atoms. The molecule has 1 N–H and O–H groups in total. The Morgan fingerprint density at radius 1 is 1.21 bits per heavy atom. The lowest BCUT2D eigenvalue weighted by Gasteiger charge is -2.31. The highest BCUT2D eigenvalue weighted by Crippen LogP contribution is 2.19. The molecule has 1 amide bonds. The maximum atomic E-state index is 13.1. The molecule has 0 bridgehead atoms. The van der Waals surface area contributed by atoms with Gasteiger partial charge in [0.15, 0.2) is 0 Å². The molecule has 2 aromatic rings. The number of rotatable bonds is 7. The van der Waals surface area contributed by atoms with Crippen molar-refractivity contribution in [3.8, 4) is 5.75 Å². The minimum absolute atomic E-state index is 0. The van der Waals surface area contributed by atoms with Crippen LogP contribution in [0.5, 0.6) is 5.75 Å². The van der Waals surface area contributed by atoms with Gasteiger partial charge in [0.2, 0.25) is 5.91 Å². The summed E-state index contributed by atoms with van der Waals surface area (Å²) in [6.45, 7) is 2.58. The number of amides is 1. The molecule has 2 heterocycles. The van der Waals surface area contributed by atoms with Crippen LogP contribution in [0.2, 0.25) is 0 Å². The van der Waals surface area contributed by atoms with E-state index < -0.39 is 0 Å². The maximum Gasteiger partial charge on any atom is 0.223 e. The zero-order valence-corrected chi connectivity index (χ0v) is 17.3. The van der Waals surface area contributed by atoms with E-state index >= 15 is 0 Å². The lowest BCUT2D eigenvalue weighted by atomic mass is 10.0. The number of pyridine rings is 1. The van der Waals surface area contributed by atoms with E-state index in [-0.39, 0.29) is 24.4 Å². The zero-order chi connectivity index (χ0) is 18.9. The van der Waals surface area contributed by atoms with Gasteiger partial charge in [0.05, 0.1) is 19.3 Å². The number of benzene rings is 1. The molecule has 1 fully saturated rings. The van der Waals surface area contributed by atoms with Gasteiger partial charge in [-0.05, 0) is 68.6 Å². The predicted molar refractivity (Wildman–Crippen MR) is 114 cm³/mol. The van der Waals surface area contributed by atoms with E-state index in [1.807, 2.05) is 36.4 Å². The van der Waals surface area contributed by atoms with Crippen molar-refractivity contribution in [2.45, 2.75) is 44.7 Å². The van der Waals surface area contributed by atoms with Crippen LogP contribution in [-0.2, 0) is 17.8 Å². The Labute approximate surface area is 173 Å². The second-order valence-electron chi connectivity index (χ2n) is 7.03. The molecule has 0 saturated carbocycles. The number of ether oxygens (including phenoxy) is 1. The zero-order valence-electron chi connectivity index (χ0n) is 16.5. The van der Waals surface area contributed by atoms with E-state index in [2.05, 4.69) is 21.3 Å². The van der Waals surface area contributed by atoms with Gasteiger partial charge in [-0.3, -0.25) is 9.78 Å². The fourth-order valence-corrected chi connectivity index (χ4v) is 3.62. The molecule has 1 aliphatic heterocycles. The molecule has 0 spiro atoms. The summed E-state index contributed by atoms with van der Waals surface area (Å²) in [5.41, 5.74) is 2.08. The number of nitrogens with zero attached hydrogens (tertiary/aromatic N) is 2. The minimum Gasteiger partial charge on any atom is -0.497 e. The average Bonchev–Trinajstić information content (AvgIpc) is 3.00. The molecule has 6 heteroatoms. The molecule has 1 saturated heterocycles. The summed E-state index contributed by atoms with van der Waals surface area (Å²) >= 11 is 0. The molecule has 1 aliphatic rings. The topological polar surface area (TPSA) is 54.5 Å². The summed E-state index contributed by atoms with van der Waals surface area (Å²) in [6.07, 6.45) is 6.17. The van der Waals surface area contributed by atoms with E-state index in [0.717, 1.165) is 55.8 Å². The second-order valence-corrected chi connectivity index (χ2v) is 7.03. The number of methoxy groups -OCH3 is 1. The van der Waals surface area contributed by atoms with Crippen LogP contribution in [0.25, 0.3) is 0 Å². The third kappa shape index (κ3) is 6.50. The molecule has 5 nitrogen and oxygen atoms in total. The fraction of sp³-hybridized carbons (Fsp3) is 0.455. The van der Waals surface area contributed by atoms with Crippen molar-refractivity contribution in [1.29, 1.82) is 0 Å². The average molecular weight is 404 g/mol. The van der Waals surface area contributed by atoms with Crippen LogP contribution < -0.4 is 10.1 Å². The Bertz CT molecular complexity index is 719. The third-order valence-corrected chi connectivity index (χ3v) is 5.13. The molecule has 1 aromatic carbocycles. The Hall–Kier alpha value is -2.11. The monoisotopic (exact) mass is 403 g/mol. The molecule has 1 unspecified atom stereocenters. The first-order chi connectivity index (χ1) is 13.3. The van der Waals surface area contributed by atoms with Crippen molar-refractivity contribution >= 4 is 18.3 Å². The van der Waals surface area contributed by atoms with Crippen molar-refractivity contribution in [2.24, 2.45) is 0 Å². The van der Waals surface area contributed by atoms with E-state index in [1.165, 1.54) is 0 Å². The summed E-state index contributed by atoms with van der Waals surface area (Å²) in [4.78, 5) is 19.6. The number of halogens is 1. The Balaban J connectivity index is 0.00000280. The van der Waals surface area contributed by atoms with Crippen LogP contribution in [0.15, 0.2) is 48.7 Å². The number of carbonyl (C=O) groups is 1. The first kappa shape index (κ1) is 22.2. The van der Waals surface area contributed by atoms with Crippen LogP contribution in [0.3, 0.4) is 0 Å². The summed E-state index contributed by atoms with van der Waals surface area (Å²) in [7, 11) is 1.67. The molecule has 0 radical (unpaired) electrons. The number of aryl methyl sites for hydroxylation is 1. The highest BCUT2D eigenvalue weighted by atomic mass is 35.5. The van der Waals surface area contributed by atoms with Gasteiger partial charge >= 0.3 is 0 Å². The normalized spacial score (nSPS) is 16.5. The van der Waals surface area contributed by atoms with Crippen molar-refractivity contribution in [3.05, 3.63) is 59.9 Å². The molecular weight excluding hydrogens is 374 g/mol. The number of nitrogens with one attached hydrogen (secondary N) is 1. The highest BCUT2D eigenvalue weighted by Gasteiger charge is 2.24. The quantitative estimate of drug-likeness (QED) is 0.767. The fourth-order valence-electron chi connectivity index (χ4n) is 3.62. The highest BCUT2D eigenvalue weighted by molar-refractivity contribution is 5.85. The maximum absolute atomic E-state index is 13.1. The van der Waals surface area contributed by atoms with Crippen LogP contribution in [-0.4, -0.2) is 42.0 Å². The summed E-state index contributed by atoms with van der Waals surface area (Å²) in [5, 5.41) is 3.44.